The molecule has 0 radical (unpaired) electrons. The van der Waals surface area contributed by atoms with Gasteiger partial charge in [0.2, 0.25) is 21.7 Å². The van der Waals surface area contributed by atoms with Crippen LogP contribution in [0.4, 0.5) is 0 Å². The highest BCUT2D eigenvalue weighted by molar-refractivity contribution is 8.01. The van der Waals surface area contributed by atoms with Crippen LogP contribution >= 0.6 is 23.5 Å². The van der Waals surface area contributed by atoms with E-state index in [2.05, 4.69) is 30.7 Å². The molecule has 0 saturated carbocycles. The molecule has 2 heterocycles. The molecule has 2 rings (SSSR count). The zero-order chi connectivity index (χ0) is 58.6. The number of hydrogen-bond acceptors (Lipinski definition) is 24. The molecule has 0 aromatic carbocycles. The predicted octanol–water partition coefficient (Wildman–Crippen LogP) is 4.89. The van der Waals surface area contributed by atoms with Gasteiger partial charge in [0.05, 0.1) is 38.4 Å². The maximum absolute atomic E-state index is 13.7. The monoisotopic (exact) mass is 1150 g/mol. The van der Waals surface area contributed by atoms with Crippen LogP contribution in [0.3, 0.4) is 0 Å². The van der Waals surface area contributed by atoms with E-state index in [-0.39, 0.29) is 12.8 Å². The van der Waals surface area contributed by atoms with Crippen LogP contribution in [-0.2, 0) is 95.3 Å². The summed E-state index contributed by atoms with van der Waals surface area (Å²) in [6.07, 6.45) is -1.56. The molecule has 12 atom stereocenters. The van der Waals surface area contributed by atoms with Gasteiger partial charge in [-0.15, -0.1) is 23.5 Å². The molecule has 2 aliphatic rings. The Morgan fingerprint density at radius 3 is 1.08 bits per heavy atom. The van der Waals surface area contributed by atoms with Gasteiger partial charge in [0.25, 0.3) is 0 Å². The molecule has 2 N–H and O–H groups in total. The maximum atomic E-state index is 13.7. The van der Waals surface area contributed by atoms with E-state index in [1.165, 1.54) is 13.8 Å². The van der Waals surface area contributed by atoms with Crippen molar-refractivity contribution >= 4 is 83.1 Å². The van der Waals surface area contributed by atoms with Crippen molar-refractivity contribution in [1.82, 2.24) is 10.6 Å². The number of unbranched alkanes of at least 4 members (excludes halogenated alkanes) is 9. The summed E-state index contributed by atoms with van der Waals surface area (Å²) in [5, 5.41) is 13.1. The molecule has 0 unspecified atom stereocenters. The molecule has 438 valence electrons. The minimum Gasteiger partial charge on any atom is -0.466 e. The highest BCUT2D eigenvalue weighted by Gasteiger charge is 2.59. The number of carbonyl (C=O) groups excluding carboxylic acids is 10. The predicted molar refractivity (Wildman–Crippen MR) is 276 cm³/mol. The minimum absolute atomic E-state index is 0.264. The number of thioether (sulfide) groups is 2. The van der Waals surface area contributed by atoms with Gasteiger partial charge in [0.1, 0.15) is 25.4 Å². The summed E-state index contributed by atoms with van der Waals surface area (Å²) in [4.78, 5) is 128. The second-order valence-electron chi connectivity index (χ2n) is 18.3. The number of nitrogens with one attached hydrogen (secondary N) is 2. The summed E-state index contributed by atoms with van der Waals surface area (Å²) in [5.74, 6) is -7.09. The Morgan fingerprint density at radius 1 is 0.513 bits per heavy atom. The summed E-state index contributed by atoms with van der Waals surface area (Å²) >= 11 is 2.15. The number of rotatable bonds is 33. The summed E-state index contributed by atoms with van der Waals surface area (Å²) in [7, 11) is 2.28. The summed E-state index contributed by atoms with van der Waals surface area (Å²) in [5.41, 5.74) is 19.2. The van der Waals surface area contributed by atoms with Gasteiger partial charge in [-0.25, -0.2) is 9.59 Å². The van der Waals surface area contributed by atoms with Crippen LogP contribution in [0.15, 0.2) is 10.2 Å². The molecule has 0 spiro atoms. The Morgan fingerprint density at radius 2 is 0.821 bits per heavy atom. The SMILES string of the molecule is COC(=O)[C@@]1(SCCCCCCCCCCCCS[C@]2(C(=O)OC)C[C@H](N=[N+]=[N-])[C@@H](NC(C)=O)[C@H]([C@@H](OC(C)=O)[C@H](COC(C)=O)OC(C)=O)O2)C[C@H](N=[N+]=[N-])[C@@H](NC(C)=O)[C@H]([C@@H](OC(C)=O)[C@H](COC(C)=O)OC(C)=O)O1. The van der Waals surface area contributed by atoms with E-state index < -0.39 is 143 Å². The number of ether oxygens (including phenoxy) is 10. The van der Waals surface area contributed by atoms with Crippen molar-refractivity contribution in [3.8, 4) is 0 Å². The van der Waals surface area contributed by atoms with E-state index in [4.69, 9.17) is 47.4 Å². The third-order valence-corrected chi connectivity index (χ3v) is 14.8. The molecule has 0 bridgehead atoms. The average Bonchev–Trinajstić information content (AvgIpc) is 3.36. The van der Waals surface area contributed by atoms with Crippen LogP contribution in [0.1, 0.15) is 132 Å². The normalized spacial score (nSPS) is 24.0. The molecule has 28 nitrogen and oxygen atoms in total. The third-order valence-electron chi connectivity index (χ3n) is 12.0. The van der Waals surface area contributed by atoms with E-state index in [1.807, 2.05) is 0 Å². The number of carbonyl (C=O) groups is 10. The molecule has 30 heteroatoms. The Kier molecular flexibility index (Phi) is 30.3. The standard InChI is InChI=1S/C48H74N8O20S2/c1-27(57)51-39-35(53-55-49)23-47(45(65)67-9,75-43(39)41(73-33(7)63)37(71-31(5)61)25-69-29(3)59)77-21-19-17-15-13-11-12-14-16-18-20-22-78-48(46(66)68-10)24-36(54-56-50)40(52-28(2)58)44(76-48)42(74-34(8)64)38(72-32(6)62)26-70-30(4)60/h35-44H,11-26H2,1-10H3,(H,51,57)(H,52,58)/t35-,36-,37-,38-,39+,40+,41-,42-,43+,44+,47-,48-/m0/s1. The molecule has 0 aliphatic carbocycles. The Balaban J connectivity index is 2.12. The number of hydrogen-bond donors (Lipinski definition) is 2. The highest BCUT2D eigenvalue weighted by Crippen LogP contribution is 2.45. The summed E-state index contributed by atoms with van der Waals surface area (Å²) in [6, 6.07) is -4.79. The van der Waals surface area contributed by atoms with Crippen molar-refractivity contribution in [2.75, 3.05) is 38.9 Å². The topological polar surface area (TPSA) is 385 Å². The van der Waals surface area contributed by atoms with Crippen molar-refractivity contribution in [3.05, 3.63) is 20.9 Å². The molecule has 2 amide bonds. The van der Waals surface area contributed by atoms with Gasteiger partial charge in [0.15, 0.2) is 24.4 Å². The molecule has 0 aromatic heterocycles. The fourth-order valence-corrected chi connectivity index (χ4v) is 11.6. The van der Waals surface area contributed by atoms with Gasteiger partial charge in [-0.2, -0.15) is 0 Å². The summed E-state index contributed by atoms with van der Waals surface area (Å²) < 4.78 is 55.6. The first kappa shape index (κ1) is 68.0. The second kappa shape index (κ2) is 34.7. The van der Waals surface area contributed by atoms with Gasteiger partial charge < -0.3 is 58.0 Å². The van der Waals surface area contributed by atoms with Crippen molar-refractivity contribution in [1.29, 1.82) is 0 Å². The highest BCUT2D eigenvalue weighted by atomic mass is 32.2. The first-order valence-corrected chi connectivity index (χ1v) is 27.2. The van der Waals surface area contributed by atoms with Gasteiger partial charge in [-0.05, 0) is 35.4 Å². The first-order chi connectivity index (χ1) is 36.9. The van der Waals surface area contributed by atoms with Gasteiger partial charge >= 0.3 is 47.8 Å². The lowest BCUT2D eigenvalue weighted by atomic mass is 9.88. The number of esters is 8. The van der Waals surface area contributed by atoms with Crippen molar-refractivity contribution in [2.24, 2.45) is 10.2 Å². The Bertz CT molecular complexity index is 2040. The number of nitrogens with zero attached hydrogens (tertiary/aromatic N) is 6. The van der Waals surface area contributed by atoms with Crippen LogP contribution < -0.4 is 10.6 Å². The lowest BCUT2D eigenvalue weighted by Gasteiger charge is -2.48. The van der Waals surface area contributed by atoms with Crippen LogP contribution in [-0.4, -0.2) is 169 Å². The Hall–Kier alpha value is -6.06. The number of methoxy groups -OCH3 is 2. The van der Waals surface area contributed by atoms with E-state index in [1.54, 1.807) is 0 Å². The third kappa shape index (κ3) is 22.7. The zero-order valence-corrected chi connectivity index (χ0v) is 47.4. The second-order valence-corrected chi connectivity index (χ2v) is 21.1. The zero-order valence-electron chi connectivity index (χ0n) is 45.8. The molecule has 2 fully saturated rings. The number of azide groups is 2. The largest absolute Gasteiger partial charge is 0.466 e. The summed E-state index contributed by atoms with van der Waals surface area (Å²) in [6.45, 7) is 7.69. The van der Waals surface area contributed by atoms with Crippen LogP contribution in [0.25, 0.3) is 20.9 Å². The van der Waals surface area contributed by atoms with E-state index in [0.717, 1.165) is 131 Å². The van der Waals surface area contributed by atoms with Gasteiger partial charge in [-0.1, -0.05) is 61.6 Å². The average molecular weight is 1150 g/mol. The molecule has 78 heavy (non-hydrogen) atoms. The quantitative estimate of drug-likeness (QED) is 0.0220. The van der Waals surface area contributed by atoms with Gasteiger partial charge in [-0.3, -0.25) is 38.4 Å². The molecule has 2 aliphatic heterocycles. The molecular weight excluding hydrogens is 1070 g/mol. The molecule has 2 saturated heterocycles. The smallest absolute Gasteiger partial charge is 0.348 e. The molecular formula is C48H74N8O20S2. The van der Waals surface area contributed by atoms with Crippen LogP contribution in [0.5, 0.6) is 0 Å². The minimum atomic E-state index is -1.86. The fourth-order valence-electron chi connectivity index (χ4n) is 8.93. The van der Waals surface area contributed by atoms with Crippen molar-refractivity contribution in [3.63, 3.8) is 0 Å². The lowest BCUT2D eigenvalue weighted by Crippen LogP contribution is -2.67. The Labute approximate surface area is 460 Å². The van der Waals surface area contributed by atoms with E-state index in [0.29, 0.717) is 24.3 Å². The van der Waals surface area contributed by atoms with Gasteiger partial charge in [0, 0.05) is 78.1 Å². The van der Waals surface area contributed by atoms with Crippen LogP contribution in [0, 0.1) is 0 Å². The van der Waals surface area contributed by atoms with Crippen LogP contribution in [0.2, 0.25) is 0 Å². The van der Waals surface area contributed by atoms with E-state index >= 15 is 0 Å². The lowest BCUT2D eigenvalue weighted by molar-refractivity contribution is -0.211. The molecule has 0 aromatic rings. The maximum Gasteiger partial charge on any atom is 0.348 e. The fraction of sp³-hybridized carbons (Fsp3) is 0.792. The van der Waals surface area contributed by atoms with Crippen molar-refractivity contribution < 1.29 is 95.3 Å². The van der Waals surface area contributed by atoms with Crippen molar-refractivity contribution in [2.45, 2.75) is 203 Å². The first-order valence-electron chi connectivity index (χ1n) is 25.3. The number of amides is 2. The van der Waals surface area contributed by atoms with E-state index in [9.17, 15) is 59.0 Å².